The highest BCUT2D eigenvalue weighted by Crippen LogP contribution is 2.35. The molecule has 1 N–H and O–H groups in total. The molecule has 0 spiro atoms. The van der Waals surface area contributed by atoms with E-state index < -0.39 is 12.1 Å². The zero-order chi connectivity index (χ0) is 21.8. The summed E-state index contributed by atoms with van der Waals surface area (Å²) in [5.41, 5.74) is 2.57. The molecule has 0 bridgehead atoms. The Morgan fingerprint density at radius 3 is 2.63 bits per heavy atom. The van der Waals surface area contributed by atoms with Crippen molar-refractivity contribution in [3.63, 3.8) is 0 Å². The van der Waals surface area contributed by atoms with Crippen LogP contribution in [0.3, 0.4) is 0 Å². The molecule has 30 heavy (non-hydrogen) atoms. The largest absolute Gasteiger partial charge is 0.493 e. The molecule has 2 aromatic carbocycles. The minimum absolute atomic E-state index is 0.215. The fraction of sp³-hybridized carbons (Fsp3) is 0.227. The predicted octanol–water partition coefficient (Wildman–Crippen LogP) is 4.09. The van der Waals surface area contributed by atoms with Gasteiger partial charge in [0.2, 0.25) is 0 Å². The SMILES string of the molecule is COc1cc(/C=C2\SC(=O)N(Cc3cccc(C)c3)C2=O)ccc1O[C@H](C)C(=O)O. The number of carbonyl (C=O) groups is 3. The van der Waals surface area contributed by atoms with Gasteiger partial charge in [0.15, 0.2) is 17.6 Å². The van der Waals surface area contributed by atoms with Crippen molar-refractivity contribution in [3.8, 4) is 11.5 Å². The molecular formula is C22H21NO6S. The third-order valence-electron chi connectivity index (χ3n) is 4.43. The Balaban J connectivity index is 1.80. The Labute approximate surface area is 178 Å². The highest BCUT2D eigenvalue weighted by molar-refractivity contribution is 8.18. The molecule has 1 aliphatic rings. The summed E-state index contributed by atoms with van der Waals surface area (Å²) >= 11 is 0.881. The number of rotatable bonds is 7. The zero-order valence-electron chi connectivity index (χ0n) is 16.7. The summed E-state index contributed by atoms with van der Waals surface area (Å²) in [7, 11) is 1.44. The van der Waals surface area contributed by atoms with Gasteiger partial charge < -0.3 is 14.6 Å². The normalized spacial score (nSPS) is 16.1. The van der Waals surface area contributed by atoms with Crippen LogP contribution in [0, 0.1) is 6.92 Å². The van der Waals surface area contributed by atoms with Gasteiger partial charge in [0.05, 0.1) is 18.6 Å². The van der Waals surface area contributed by atoms with Crippen molar-refractivity contribution in [2.24, 2.45) is 0 Å². The number of carbonyl (C=O) groups excluding carboxylic acids is 2. The molecule has 7 nitrogen and oxygen atoms in total. The second kappa shape index (κ2) is 9.04. The molecule has 2 amide bonds. The maximum atomic E-state index is 12.7. The molecule has 1 heterocycles. The fourth-order valence-corrected chi connectivity index (χ4v) is 3.73. The second-order valence-corrected chi connectivity index (χ2v) is 7.76. The number of ether oxygens (including phenoxy) is 2. The van der Waals surface area contributed by atoms with E-state index in [0.29, 0.717) is 16.2 Å². The Morgan fingerprint density at radius 1 is 1.20 bits per heavy atom. The number of aliphatic carboxylic acids is 1. The third-order valence-corrected chi connectivity index (χ3v) is 5.34. The Bertz CT molecular complexity index is 1030. The Kier molecular flexibility index (Phi) is 6.47. The topological polar surface area (TPSA) is 93.1 Å². The van der Waals surface area contributed by atoms with Crippen LogP contribution in [0.5, 0.6) is 11.5 Å². The number of nitrogens with zero attached hydrogens (tertiary/aromatic N) is 1. The molecule has 0 radical (unpaired) electrons. The van der Waals surface area contributed by atoms with Crippen molar-refractivity contribution in [2.45, 2.75) is 26.5 Å². The molecule has 2 aromatic rings. The maximum Gasteiger partial charge on any atom is 0.344 e. The summed E-state index contributed by atoms with van der Waals surface area (Å²) in [6.07, 6.45) is 0.566. The summed E-state index contributed by atoms with van der Waals surface area (Å²) in [6.45, 7) is 3.59. The number of benzene rings is 2. The summed E-state index contributed by atoms with van der Waals surface area (Å²) < 4.78 is 10.6. The van der Waals surface area contributed by atoms with Gasteiger partial charge >= 0.3 is 5.97 Å². The van der Waals surface area contributed by atoms with Gasteiger partial charge in [0.1, 0.15) is 0 Å². The fourth-order valence-electron chi connectivity index (χ4n) is 2.89. The highest BCUT2D eigenvalue weighted by Gasteiger charge is 2.35. The van der Waals surface area contributed by atoms with Gasteiger partial charge in [-0.05, 0) is 54.9 Å². The molecule has 3 rings (SSSR count). The van der Waals surface area contributed by atoms with Crippen LogP contribution in [0.4, 0.5) is 4.79 Å². The first kappa shape index (κ1) is 21.4. The summed E-state index contributed by atoms with van der Waals surface area (Å²) in [5, 5.41) is 8.67. The predicted molar refractivity (Wildman–Crippen MR) is 113 cm³/mol. The molecule has 0 aliphatic carbocycles. The van der Waals surface area contributed by atoms with Crippen molar-refractivity contribution in [1.29, 1.82) is 0 Å². The molecule has 1 atom stereocenters. The van der Waals surface area contributed by atoms with Crippen molar-refractivity contribution in [1.82, 2.24) is 4.90 Å². The summed E-state index contributed by atoms with van der Waals surface area (Å²) in [4.78, 5) is 37.6. The van der Waals surface area contributed by atoms with Crippen molar-refractivity contribution in [2.75, 3.05) is 7.11 Å². The van der Waals surface area contributed by atoms with Gasteiger partial charge in [0.25, 0.3) is 11.1 Å². The number of carboxylic acids is 1. The molecule has 0 aromatic heterocycles. The Hall–Kier alpha value is -3.26. The standard InChI is InChI=1S/C22H21NO6S/c1-13-5-4-6-16(9-13)12-23-20(24)19(30-22(23)27)11-15-7-8-17(18(10-15)28-3)29-14(2)21(25)26/h4-11,14H,12H2,1-3H3,(H,25,26)/b19-11-/t14-/m1/s1. The second-order valence-electron chi connectivity index (χ2n) is 6.77. The lowest BCUT2D eigenvalue weighted by Gasteiger charge is -2.14. The Morgan fingerprint density at radius 2 is 1.97 bits per heavy atom. The molecule has 156 valence electrons. The van der Waals surface area contributed by atoms with Crippen molar-refractivity contribution >= 4 is 35.0 Å². The van der Waals surface area contributed by atoms with Gasteiger partial charge in [-0.2, -0.15) is 0 Å². The van der Waals surface area contributed by atoms with E-state index in [1.54, 1.807) is 24.3 Å². The van der Waals surface area contributed by atoms with E-state index in [1.165, 1.54) is 18.9 Å². The van der Waals surface area contributed by atoms with Crippen LogP contribution in [-0.2, 0) is 16.1 Å². The van der Waals surface area contributed by atoms with Crippen molar-refractivity contribution in [3.05, 3.63) is 64.1 Å². The number of imide groups is 1. The van der Waals surface area contributed by atoms with Crippen LogP contribution >= 0.6 is 11.8 Å². The number of hydrogen-bond donors (Lipinski definition) is 1. The van der Waals surface area contributed by atoms with Crippen LogP contribution in [0.25, 0.3) is 6.08 Å². The molecule has 0 unspecified atom stereocenters. The van der Waals surface area contributed by atoms with Crippen LogP contribution in [0.2, 0.25) is 0 Å². The van der Waals surface area contributed by atoms with E-state index in [0.717, 1.165) is 22.9 Å². The number of carboxylic acid groups (broad SMARTS) is 1. The summed E-state index contributed by atoms with van der Waals surface area (Å²) in [5.74, 6) is -0.846. The molecular weight excluding hydrogens is 406 g/mol. The lowest BCUT2D eigenvalue weighted by Crippen LogP contribution is -2.27. The molecule has 1 aliphatic heterocycles. The summed E-state index contributed by atoms with van der Waals surface area (Å²) in [6, 6.07) is 12.5. The van der Waals surface area contributed by atoms with E-state index in [9.17, 15) is 14.4 Å². The molecule has 8 heteroatoms. The number of hydrogen-bond acceptors (Lipinski definition) is 6. The zero-order valence-corrected chi connectivity index (χ0v) is 17.6. The number of methoxy groups -OCH3 is 1. The minimum Gasteiger partial charge on any atom is -0.493 e. The highest BCUT2D eigenvalue weighted by atomic mass is 32.2. The van der Waals surface area contributed by atoms with E-state index in [1.807, 2.05) is 31.2 Å². The van der Waals surface area contributed by atoms with Crippen LogP contribution in [0.15, 0.2) is 47.4 Å². The van der Waals surface area contributed by atoms with Gasteiger partial charge in [-0.25, -0.2) is 4.79 Å². The van der Waals surface area contributed by atoms with Crippen molar-refractivity contribution < 1.29 is 29.0 Å². The molecule has 0 saturated carbocycles. The quantitative estimate of drug-likeness (QED) is 0.665. The average Bonchev–Trinajstić information content (AvgIpc) is 2.96. The lowest BCUT2D eigenvalue weighted by atomic mass is 10.1. The van der Waals surface area contributed by atoms with Crippen LogP contribution in [-0.4, -0.2) is 40.3 Å². The maximum absolute atomic E-state index is 12.7. The van der Waals surface area contributed by atoms with Crippen LogP contribution < -0.4 is 9.47 Å². The van der Waals surface area contributed by atoms with E-state index in [-0.39, 0.29) is 23.4 Å². The van der Waals surface area contributed by atoms with Gasteiger partial charge in [-0.3, -0.25) is 14.5 Å². The van der Waals surface area contributed by atoms with E-state index in [2.05, 4.69) is 0 Å². The first-order chi connectivity index (χ1) is 14.3. The first-order valence-electron chi connectivity index (χ1n) is 9.17. The monoisotopic (exact) mass is 427 g/mol. The van der Waals surface area contributed by atoms with Gasteiger partial charge in [-0.1, -0.05) is 35.9 Å². The number of thioether (sulfide) groups is 1. The number of amides is 2. The molecule has 1 fully saturated rings. The third kappa shape index (κ3) is 4.83. The average molecular weight is 427 g/mol. The first-order valence-corrected chi connectivity index (χ1v) is 9.98. The van der Waals surface area contributed by atoms with E-state index in [4.69, 9.17) is 14.6 Å². The smallest absolute Gasteiger partial charge is 0.344 e. The van der Waals surface area contributed by atoms with Crippen LogP contribution in [0.1, 0.15) is 23.6 Å². The minimum atomic E-state index is -1.09. The molecule has 1 saturated heterocycles. The number of aryl methyl sites for hydroxylation is 1. The lowest BCUT2D eigenvalue weighted by molar-refractivity contribution is -0.144. The van der Waals surface area contributed by atoms with E-state index >= 15 is 0 Å². The van der Waals surface area contributed by atoms with Gasteiger partial charge in [0, 0.05) is 0 Å². The van der Waals surface area contributed by atoms with Gasteiger partial charge in [-0.15, -0.1) is 0 Å².